The first-order valence-electron chi connectivity index (χ1n) is 7.06. The second kappa shape index (κ2) is 7.99. The molecule has 0 aromatic rings. The van der Waals surface area contributed by atoms with E-state index in [1.165, 1.54) is 0 Å². The van der Waals surface area contributed by atoms with Crippen LogP contribution in [0.2, 0.25) is 0 Å². The average molecular weight is 271 g/mol. The Balaban J connectivity index is 2.25. The van der Waals surface area contributed by atoms with Gasteiger partial charge in [-0.2, -0.15) is 0 Å². The number of rotatable bonds is 6. The first-order valence-corrected chi connectivity index (χ1v) is 7.06. The molecule has 0 aromatic heterocycles. The molecular weight excluding hydrogens is 246 g/mol. The van der Waals surface area contributed by atoms with E-state index in [4.69, 9.17) is 5.11 Å². The van der Waals surface area contributed by atoms with E-state index in [1.54, 1.807) is 0 Å². The molecule has 0 spiro atoms. The number of likely N-dealkylation sites (N-methyl/N-ethyl adjacent to an activating group) is 1. The molecular formula is C13H25N3O3. The molecule has 1 rings (SSSR count). The maximum atomic E-state index is 11.8. The van der Waals surface area contributed by atoms with Gasteiger partial charge in [0.15, 0.2) is 0 Å². The van der Waals surface area contributed by atoms with E-state index in [0.717, 1.165) is 38.8 Å². The van der Waals surface area contributed by atoms with Crippen molar-refractivity contribution in [1.82, 2.24) is 15.5 Å². The smallest absolute Gasteiger partial charge is 0.404 e. The number of carbonyl (C=O) groups is 2. The molecule has 2 amide bonds. The third-order valence-corrected chi connectivity index (χ3v) is 3.68. The molecule has 1 aliphatic rings. The van der Waals surface area contributed by atoms with Gasteiger partial charge in [0.05, 0.1) is 6.54 Å². The zero-order valence-electron chi connectivity index (χ0n) is 11.8. The van der Waals surface area contributed by atoms with E-state index < -0.39 is 6.09 Å². The molecule has 0 saturated heterocycles. The highest BCUT2D eigenvalue weighted by Crippen LogP contribution is 2.18. The fraction of sp³-hybridized carbons (Fsp3) is 0.846. The molecule has 110 valence electrons. The van der Waals surface area contributed by atoms with Gasteiger partial charge in [0, 0.05) is 12.1 Å². The third-order valence-electron chi connectivity index (χ3n) is 3.68. The summed E-state index contributed by atoms with van der Waals surface area (Å²) in [7, 11) is 0. The van der Waals surface area contributed by atoms with Crippen molar-refractivity contribution >= 4 is 12.0 Å². The topological polar surface area (TPSA) is 81.7 Å². The molecule has 0 heterocycles. The zero-order chi connectivity index (χ0) is 14.3. The fourth-order valence-corrected chi connectivity index (χ4v) is 2.48. The summed E-state index contributed by atoms with van der Waals surface area (Å²) in [6, 6.07) is 0.225. The van der Waals surface area contributed by atoms with Gasteiger partial charge < -0.3 is 15.7 Å². The maximum Gasteiger partial charge on any atom is 0.404 e. The highest BCUT2D eigenvalue weighted by molar-refractivity contribution is 5.78. The van der Waals surface area contributed by atoms with Crippen LogP contribution >= 0.6 is 0 Å². The Morgan fingerprint density at radius 1 is 1.05 bits per heavy atom. The molecule has 6 heteroatoms. The molecule has 0 radical (unpaired) electrons. The number of carbonyl (C=O) groups excluding carboxylic acids is 1. The van der Waals surface area contributed by atoms with Crippen LogP contribution in [0.15, 0.2) is 0 Å². The summed E-state index contributed by atoms with van der Waals surface area (Å²) in [6.07, 6.45) is 2.31. The van der Waals surface area contributed by atoms with Crippen molar-refractivity contribution in [3.05, 3.63) is 0 Å². The van der Waals surface area contributed by atoms with Crippen molar-refractivity contribution in [3.63, 3.8) is 0 Å². The van der Waals surface area contributed by atoms with Crippen LogP contribution in [0.3, 0.4) is 0 Å². The van der Waals surface area contributed by atoms with Crippen molar-refractivity contribution in [2.75, 3.05) is 19.6 Å². The zero-order valence-corrected chi connectivity index (χ0v) is 11.8. The van der Waals surface area contributed by atoms with Gasteiger partial charge in [-0.05, 0) is 38.8 Å². The van der Waals surface area contributed by atoms with Crippen LogP contribution in [0, 0.1) is 0 Å². The van der Waals surface area contributed by atoms with Gasteiger partial charge in [-0.15, -0.1) is 0 Å². The molecule has 0 aliphatic heterocycles. The molecule has 1 saturated carbocycles. The molecule has 0 bridgehead atoms. The van der Waals surface area contributed by atoms with Crippen LogP contribution in [0.5, 0.6) is 0 Å². The minimum atomic E-state index is -0.964. The lowest BCUT2D eigenvalue weighted by Gasteiger charge is -2.29. The summed E-state index contributed by atoms with van der Waals surface area (Å²) in [5.74, 6) is 0.0679. The predicted octanol–water partition coefficient (Wildman–Crippen LogP) is 1.02. The summed E-state index contributed by atoms with van der Waals surface area (Å²) in [4.78, 5) is 24.4. The van der Waals surface area contributed by atoms with Gasteiger partial charge in [0.25, 0.3) is 0 Å². The number of nitrogens with zero attached hydrogens (tertiary/aromatic N) is 1. The summed E-state index contributed by atoms with van der Waals surface area (Å²) in [6.45, 7) is 6.28. The lowest BCUT2D eigenvalue weighted by Crippen LogP contribution is -2.46. The number of hydrogen-bond donors (Lipinski definition) is 3. The van der Waals surface area contributed by atoms with Gasteiger partial charge in [-0.25, -0.2) is 4.79 Å². The summed E-state index contributed by atoms with van der Waals surface area (Å²) in [5, 5.41) is 14.2. The van der Waals surface area contributed by atoms with Crippen molar-refractivity contribution in [1.29, 1.82) is 0 Å². The second-order valence-corrected chi connectivity index (χ2v) is 5.03. The minimum absolute atomic E-state index is 0.0356. The Morgan fingerprint density at radius 2 is 1.53 bits per heavy atom. The lowest BCUT2D eigenvalue weighted by molar-refractivity contribution is -0.123. The van der Waals surface area contributed by atoms with Crippen LogP contribution in [-0.4, -0.2) is 53.7 Å². The van der Waals surface area contributed by atoms with E-state index in [9.17, 15) is 9.59 Å². The first-order chi connectivity index (χ1) is 9.05. The van der Waals surface area contributed by atoms with Crippen LogP contribution in [0.1, 0.15) is 39.5 Å². The Labute approximate surface area is 114 Å². The highest BCUT2D eigenvalue weighted by atomic mass is 16.4. The molecule has 6 nitrogen and oxygen atoms in total. The van der Waals surface area contributed by atoms with Crippen molar-refractivity contribution in [2.45, 2.75) is 51.6 Å². The van der Waals surface area contributed by atoms with Crippen LogP contribution in [0.25, 0.3) is 0 Å². The van der Waals surface area contributed by atoms with Crippen molar-refractivity contribution in [3.8, 4) is 0 Å². The maximum absolute atomic E-state index is 11.8. The number of carboxylic acid groups (broad SMARTS) is 1. The minimum Gasteiger partial charge on any atom is -0.465 e. The Kier molecular flexibility index (Phi) is 6.62. The molecule has 1 aliphatic carbocycles. The Morgan fingerprint density at radius 3 is 1.95 bits per heavy atom. The van der Waals surface area contributed by atoms with Gasteiger partial charge >= 0.3 is 6.09 Å². The van der Waals surface area contributed by atoms with Crippen LogP contribution in [-0.2, 0) is 4.79 Å². The van der Waals surface area contributed by atoms with E-state index in [0.29, 0.717) is 6.54 Å². The van der Waals surface area contributed by atoms with Crippen molar-refractivity contribution in [2.24, 2.45) is 0 Å². The van der Waals surface area contributed by atoms with Gasteiger partial charge in [0.2, 0.25) is 5.91 Å². The molecule has 0 atom stereocenters. The molecule has 0 aromatic carbocycles. The van der Waals surface area contributed by atoms with Crippen LogP contribution in [0.4, 0.5) is 4.79 Å². The van der Waals surface area contributed by atoms with Gasteiger partial charge in [-0.3, -0.25) is 9.69 Å². The van der Waals surface area contributed by atoms with Crippen LogP contribution < -0.4 is 10.6 Å². The normalized spacial score (nSPS) is 23.1. The molecule has 19 heavy (non-hydrogen) atoms. The third kappa shape index (κ3) is 5.92. The predicted molar refractivity (Wildman–Crippen MR) is 73.1 cm³/mol. The monoisotopic (exact) mass is 271 g/mol. The largest absolute Gasteiger partial charge is 0.465 e. The van der Waals surface area contributed by atoms with Gasteiger partial charge in [-0.1, -0.05) is 13.8 Å². The molecule has 1 fully saturated rings. The quantitative estimate of drug-likeness (QED) is 0.674. The number of hydrogen-bond acceptors (Lipinski definition) is 3. The first kappa shape index (κ1) is 15.8. The fourth-order valence-electron chi connectivity index (χ4n) is 2.48. The second-order valence-electron chi connectivity index (χ2n) is 5.03. The Hall–Kier alpha value is -1.30. The molecule has 0 unspecified atom stereocenters. The molecule has 3 N–H and O–H groups in total. The standard InChI is InChI=1S/C13H25N3O3/c1-3-16(4-2)9-12(17)14-10-5-7-11(8-6-10)15-13(18)19/h10-11,15H,3-9H2,1-2H3,(H,14,17)(H,18,19)/t10-,11-. The van der Waals surface area contributed by atoms with Crippen molar-refractivity contribution < 1.29 is 14.7 Å². The summed E-state index contributed by atoms with van der Waals surface area (Å²) in [5.41, 5.74) is 0. The van der Waals surface area contributed by atoms with E-state index in [-0.39, 0.29) is 18.0 Å². The van der Waals surface area contributed by atoms with E-state index in [1.807, 2.05) is 13.8 Å². The number of nitrogens with one attached hydrogen (secondary N) is 2. The summed E-state index contributed by atoms with van der Waals surface area (Å²) < 4.78 is 0. The van der Waals surface area contributed by atoms with E-state index in [2.05, 4.69) is 15.5 Å². The van der Waals surface area contributed by atoms with Gasteiger partial charge in [0.1, 0.15) is 0 Å². The average Bonchev–Trinajstić information content (AvgIpc) is 2.37. The van der Waals surface area contributed by atoms with E-state index >= 15 is 0 Å². The summed E-state index contributed by atoms with van der Waals surface area (Å²) >= 11 is 0. The number of amides is 2. The SMILES string of the molecule is CCN(CC)CC(=O)N[C@H]1CC[C@H](NC(=O)O)CC1. The lowest BCUT2D eigenvalue weighted by atomic mass is 9.91. The Bertz CT molecular complexity index is 298. The highest BCUT2D eigenvalue weighted by Gasteiger charge is 2.23.